The number of hydrogen-bond acceptors (Lipinski definition) is 2. The maximum absolute atomic E-state index is 2.44. The molecule has 240 valence electrons. The third-order valence-electron chi connectivity index (χ3n) is 10.3. The number of rotatable bonds is 8. The molecule has 0 heterocycles. The Morgan fingerprint density at radius 3 is 1.04 bits per heavy atom. The number of nitrogens with zero attached hydrogens (tertiary/aromatic N) is 2. The van der Waals surface area contributed by atoms with Crippen LogP contribution in [0.25, 0.3) is 0 Å². The van der Waals surface area contributed by atoms with E-state index in [-0.39, 0.29) is 10.8 Å². The van der Waals surface area contributed by atoms with Gasteiger partial charge in [0.25, 0.3) is 0 Å². The molecule has 1 aliphatic rings. The predicted octanol–water partition coefficient (Wildman–Crippen LogP) is 13.1. The van der Waals surface area contributed by atoms with Crippen molar-refractivity contribution >= 4 is 34.1 Å². The third kappa shape index (κ3) is 6.16. The average molecular weight is 627 g/mol. The van der Waals surface area contributed by atoms with Crippen LogP contribution in [0.2, 0.25) is 0 Å². The summed E-state index contributed by atoms with van der Waals surface area (Å²) < 4.78 is 0. The number of anilines is 6. The average Bonchev–Trinajstić information content (AvgIpc) is 3.14. The first-order chi connectivity index (χ1) is 23.4. The molecule has 0 spiro atoms. The second kappa shape index (κ2) is 13.6. The molecule has 1 aliphatic carbocycles. The first kappa shape index (κ1) is 31.5. The fourth-order valence-electron chi connectivity index (χ4n) is 8.22. The van der Waals surface area contributed by atoms with Gasteiger partial charge in [-0.1, -0.05) is 131 Å². The second-order valence-corrected chi connectivity index (χ2v) is 14.2. The largest absolute Gasteiger partial charge is 0.311 e. The molecule has 6 aromatic carbocycles. The zero-order valence-corrected chi connectivity index (χ0v) is 28.5. The Morgan fingerprint density at radius 2 is 0.729 bits per heavy atom. The van der Waals surface area contributed by atoms with Crippen molar-refractivity contribution in [2.24, 2.45) is 11.3 Å². The Balaban J connectivity index is 1.32. The van der Waals surface area contributed by atoms with E-state index in [1.165, 1.54) is 41.8 Å². The van der Waals surface area contributed by atoms with E-state index in [2.05, 4.69) is 200 Å². The van der Waals surface area contributed by atoms with Gasteiger partial charge in [-0.2, -0.15) is 0 Å². The predicted molar refractivity (Wildman–Crippen MR) is 204 cm³/mol. The van der Waals surface area contributed by atoms with Gasteiger partial charge in [-0.25, -0.2) is 0 Å². The summed E-state index contributed by atoms with van der Waals surface area (Å²) in [7, 11) is 0. The summed E-state index contributed by atoms with van der Waals surface area (Å²) in [4.78, 5) is 4.71. The van der Waals surface area contributed by atoms with Crippen molar-refractivity contribution in [1.29, 1.82) is 0 Å². The third-order valence-corrected chi connectivity index (χ3v) is 10.3. The lowest BCUT2D eigenvalue weighted by Gasteiger charge is -2.51. The van der Waals surface area contributed by atoms with Gasteiger partial charge in [0.2, 0.25) is 0 Å². The molecule has 1 fully saturated rings. The van der Waals surface area contributed by atoms with E-state index in [9.17, 15) is 0 Å². The van der Waals surface area contributed by atoms with Crippen LogP contribution in [-0.4, -0.2) is 0 Å². The van der Waals surface area contributed by atoms with E-state index in [0.717, 1.165) is 29.2 Å². The summed E-state index contributed by atoms with van der Waals surface area (Å²) >= 11 is 0. The molecule has 1 unspecified atom stereocenters. The van der Waals surface area contributed by atoms with Crippen LogP contribution < -0.4 is 9.80 Å². The van der Waals surface area contributed by atoms with Gasteiger partial charge in [0.15, 0.2) is 0 Å². The summed E-state index contributed by atoms with van der Waals surface area (Å²) in [6.45, 7) is 7.33. The van der Waals surface area contributed by atoms with Crippen molar-refractivity contribution in [3.05, 3.63) is 181 Å². The Morgan fingerprint density at radius 1 is 0.417 bits per heavy atom. The van der Waals surface area contributed by atoms with Gasteiger partial charge in [0, 0.05) is 39.5 Å². The molecular weight excluding hydrogens is 581 g/mol. The molecule has 7 rings (SSSR count). The normalized spacial score (nSPS) is 15.9. The van der Waals surface area contributed by atoms with Gasteiger partial charge in [-0.3, -0.25) is 0 Å². The molecule has 2 nitrogen and oxygen atoms in total. The highest BCUT2D eigenvalue weighted by atomic mass is 15.1. The fraction of sp³-hybridized carbons (Fsp3) is 0.217. The van der Waals surface area contributed by atoms with E-state index in [1.807, 2.05) is 0 Å². The molecule has 0 N–H and O–H groups in total. The van der Waals surface area contributed by atoms with E-state index in [4.69, 9.17) is 0 Å². The molecule has 0 aromatic heterocycles. The van der Waals surface area contributed by atoms with E-state index < -0.39 is 0 Å². The Hall–Kier alpha value is -5.08. The zero-order chi connectivity index (χ0) is 33.0. The van der Waals surface area contributed by atoms with Gasteiger partial charge in [0.05, 0.1) is 0 Å². The minimum absolute atomic E-state index is 0.0811. The maximum atomic E-state index is 2.44. The van der Waals surface area contributed by atoms with Crippen LogP contribution in [0.3, 0.4) is 0 Å². The minimum Gasteiger partial charge on any atom is -0.311 e. The lowest BCUT2D eigenvalue weighted by Crippen LogP contribution is -2.45. The van der Waals surface area contributed by atoms with Gasteiger partial charge in [0.1, 0.15) is 0 Å². The molecule has 0 amide bonds. The Labute approximate surface area is 287 Å². The summed E-state index contributed by atoms with van der Waals surface area (Å²) in [5, 5.41) is 0. The number of para-hydroxylation sites is 4. The number of benzene rings is 6. The van der Waals surface area contributed by atoms with Crippen molar-refractivity contribution in [1.82, 2.24) is 0 Å². The smallest absolute Gasteiger partial charge is 0.0461 e. The highest BCUT2D eigenvalue weighted by Gasteiger charge is 2.48. The van der Waals surface area contributed by atoms with Crippen molar-refractivity contribution in [2.45, 2.75) is 51.9 Å². The van der Waals surface area contributed by atoms with Crippen LogP contribution >= 0.6 is 0 Å². The Kier molecular flexibility index (Phi) is 8.91. The molecule has 48 heavy (non-hydrogen) atoms. The monoisotopic (exact) mass is 626 g/mol. The topological polar surface area (TPSA) is 6.48 Å². The first-order valence-electron chi connectivity index (χ1n) is 17.5. The lowest BCUT2D eigenvalue weighted by atomic mass is 9.52. The Bertz CT molecular complexity index is 1670. The van der Waals surface area contributed by atoms with Crippen LogP contribution in [0.1, 0.15) is 57.6 Å². The quantitative estimate of drug-likeness (QED) is 0.166. The molecule has 2 heteroatoms. The lowest BCUT2D eigenvalue weighted by molar-refractivity contribution is 0.100. The van der Waals surface area contributed by atoms with Crippen molar-refractivity contribution in [3.63, 3.8) is 0 Å². The van der Waals surface area contributed by atoms with E-state index in [1.54, 1.807) is 0 Å². The van der Waals surface area contributed by atoms with Gasteiger partial charge in [-0.15, -0.1) is 0 Å². The van der Waals surface area contributed by atoms with Gasteiger partial charge < -0.3 is 9.80 Å². The van der Waals surface area contributed by atoms with Crippen molar-refractivity contribution in [2.75, 3.05) is 9.80 Å². The molecule has 0 aliphatic heterocycles. The van der Waals surface area contributed by atoms with Crippen LogP contribution in [-0.2, 0) is 5.41 Å². The molecule has 1 atom stereocenters. The maximum Gasteiger partial charge on any atom is 0.0461 e. The molecule has 6 aromatic rings. The standard InChI is InChI=1S/C46H46N2/c1-45(2,3)44-26-16-17-35-46(44,36-27-31-42(32-28-36)47(38-18-8-4-9-19-38)39-20-10-5-11-21-39)37-29-33-43(34-30-37)48(40-22-12-6-13-23-40)41-24-14-7-15-25-41/h4-15,18-25,27-34,44H,16-17,26,35H2,1-3H3. The van der Waals surface area contributed by atoms with Crippen LogP contribution in [0.4, 0.5) is 34.1 Å². The van der Waals surface area contributed by atoms with Crippen LogP contribution in [0.15, 0.2) is 170 Å². The van der Waals surface area contributed by atoms with Gasteiger partial charge >= 0.3 is 0 Å². The van der Waals surface area contributed by atoms with E-state index >= 15 is 0 Å². The summed E-state index contributed by atoms with van der Waals surface area (Å²) in [5.74, 6) is 0.508. The fourth-order valence-corrected chi connectivity index (χ4v) is 8.22. The van der Waals surface area contributed by atoms with Crippen LogP contribution in [0, 0.1) is 11.3 Å². The van der Waals surface area contributed by atoms with Gasteiger partial charge in [-0.05, 0) is 108 Å². The van der Waals surface area contributed by atoms with E-state index in [0.29, 0.717) is 5.92 Å². The van der Waals surface area contributed by atoms with Crippen LogP contribution in [0.5, 0.6) is 0 Å². The number of hydrogen-bond donors (Lipinski definition) is 0. The minimum atomic E-state index is -0.0811. The summed E-state index contributed by atoms with van der Waals surface area (Å²) in [5.41, 5.74) is 9.89. The zero-order valence-electron chi connectivity index (χ0n) is 28.5. The van der Waals surface area contributed by atoms with Crippen molar-refractivity contribution in [3.8, 4) is 0 Å². The summed E-state index contributed by atoms with van der Waals surface area (Å²) in [6, 6.07) is 61.8. The molecule has 1 saturated carbocycles. The highest BCUT2D eigenvalue weighted by molar-refractivity contribution is 5.78. The highest BCUT2D eigenvalue weighted by Crippen LogP contribution is 2.55. The van der Waals surface area contributed by atoms with Crippen molar-refractivity contribution < 1.29 is 0 Å². The summed E-state index contributed by atoms with van der Waals surface area (Å²) in [6.07, 6.45) is 4.89. The second-order valence-electron chi connectivity index (χ2n) is 14.2. The molecular formula is C46H46N2. The molecule has 0 radical (unpaired) electrons. The molecule has 0 bridgehead atoms. The first-order valence-corrected chi connectivity index (χ1v) is 17.5. The SMILES string of the molecule is CC(C)(C)C1CCCCC1(c1ccc(N(c2ccccc2)c2ccccc2)cc1)c1ccc(N(c2ccccc2)c2ccccc2)cc1. The molecule has 0 saturated heterocycles.